The molecular weight excluding hydrogens is 314 g/mol. The monoisotopic (exact) mass is 335 g/mol. The number of ether oxygens (including phenoxy) is 2. The van der Waals surface area contributed by atoms with Gasteiger partial charge in [-0.2, -0.15) is 0 Å². The zero-order valence-electron chi connectivity index (χ0n) is 13.7. The second-order valence-corrected chi connectivity index (χ2v) is 5.95. The lowest BCUT2D eigenvalue weighted by molar-refractivity contribution is -0.119. The Bertz CT molecular complexity index is 672. The fourth-order valence-electron chi connectivity index (χ4n) is 2.16. The maximum absolute atomic E-state index is 12.1. The highest BCUT2D eigenvalue weighted by Crippen LogP contribution is 2.29. The Morgan fingerprint density at radius 1 is 1.39 bits per heavy atom. The number of carbonyl (C=O) groups excluding carboxylic acids is 1. The van der Waals surface area contributed by atoms with Gasteiger partial charge in [-0.1, -0.05) is 11.8 Å². The lowest BCUT2D eigenvalue weighted by Gasteiger charge is -2.18. The molecule has 0 aliphatic heterocycles. The van der Waals surface area contributed by atoms with E-state index < -0.39 is 0 Å². The van der Waals surface area contributed by atoms with Crippen molar-refractivity contribution < 1.29 is 14.3 Å². The van der Waals surface area contributed by atoms with Crippen LogP contribution in [-0.2, 0) is 11.8 Å². The number of nitrogens with one attached hydrogen (secondary N) is 1. The van der Waals surface area contributed by atoms with Crippen LogP contribution >= 0.6 is 11.8 Å². The van der Waals surface area contributed by atoms with Crippen LogP contribution in [0.4, 0.5) is 0 Å². The summed E-state index contributed by atoms with van der Waals surface area (Å²) in [5.74, 6) is 1.69. The summed E-state index contributed by atoms with van der Waals surface area (Å²) in [6, 6.07) is 5.35. The summed E-state index contributed by atoms with van der Waals surface area (Å²) in [5, 5.41) is 3.78. The molecule has 0 bridgehead atoms. The predicted molar refractivity (Wildman–Crippen MR) is 90.0 cm³/mol. The van der Waals surface area contributed by atoms with E-state index in [0.717, 1.165) is 22.2 Å². The molecule has 2 aromatic rings. The molecule has 2 rings (SSSR count). The zero-order chi connectivity index (χ0) is 16.8. The quantitative estimate of drug-likeness (QED) is 0.787. The molecule has 23 heavy (non-hydrogen) atoms. The maximum atomic E-state index is 12.1. The normalized spacial score (nSPS) is 11.8. The number of benzene rings is 1. The second kappa shape index (κ2) is 7.92. The number of nitrogens with zero attached hydrogens (tertiary/aromatic N) is 2. The van der Waals surface area contributed by atoms with E-state index in [9.17, 15) is 4.79 Å². The average molecular weight is 335 g/mol. The standard InChI is InChI=1S/C16H21N3O3S/c1-11(13-9-12(21-3)5-6-14(13)22-4)18-15(20)10-23-16-17-7-8-19(16)2/h5-9,11H,10H2,1-4H3,(H,18,20)/t11-/m0/s1. The first-order chi connectivity index (χ1) is 11.0. The van der Waals surface area contributed by atoms with Crippen LogP contribution in [0.1, 0.15) is 18.5 Å². The molecule has 7 heteroatoms. The molecule has 0 radical (unpaired) electrons. The lowest BCUT2D eigenvalue weighted by Crippen LogP contribution is -2.28. The smallest absolute Gasteiger partial charge is 0.230 e. The molecule has 1 amide bonds. The third kappa shape index (κ3) is 4.41. The largest absolute Gasteiger partial charge is 0.497 e. The number of hydrogen-bond donors (Lipinski definition) is 1. The van der Waals surface area contributed by atoms with E-state index in [2.05, 4.69) is 10.3 Å². The summed E-state index contributed by atoms with van der Waals surface area (Å²) < 4.78 is 12.5. The minimum absolute atomic E-state index is 0.0598. The molecular formula is C16H21N3O3S. The number of carbonyl (C=O) groups is 1. The highest BCUT2D eigenvalue weighted by Gasteiger charge is 2.16. The number of imidazole rings is 1. The van der Waals surface area contributed by atoms with Crippen LogP contribution in [0.25, 0.3) is 0 Å². The van der Waals surface area contributed by atoms with E-state index in [-0.39, 0.29) is 11.9 Å². The SMILES string of the molecule is COc1ccc(OC)c([C@H](C)NC(=O)CSc2nccn2C)c1. The van der Waals surface area contributed by atoms with Gasteiger partial charge in [0.15, 0.2) is 5.16 Å². The first-order valence-electron chi connectivity index (χ1n) is 7.16. The molecule has 0 aliphatic carbocycles. The van der Waals surface area contributed by atoms with Crippen LogP contribution in [0, 0.1) is 0 Å². The number of methoxy groups -OCH3 is 2. The van der Waals surface area contributed by atoms with E-state index in [0.29, 0.717) is 5.75 Å². The molecule has 1 N–H and O–H groups in total. The van der Waals surface area contributed by atoms with Crippen LogP contribution in [0.3, 0.4) is 0 Å². The summed E-state index contributed by atoms with van der Waals surface area (Å²) >= 11 is 1.40. The van der Waals surface area contributed by atoms with E-state index in [1.807, 2.05) is 42.9 Å². The zero-order valence-corrected chi connectivity index (χ0v) is 14.5. The van der Waals surface area contributed by atoms with E-state index in [1.165, 1.54) is 11.8 Å². The number of rotatable bonds is 7. The van der Waals surface area contributed by atoms with Gasteiger partial charge in [0, 0.05) is 25.0 Å². The number of aryl methyl sites for hydroxylation is 1. The minimum Gasteiger partial charge on any atom is -0.497 e. The van der Waals surface area contributed by atoms with Crippen LogP contribution in [0.5, 0.6) is 11.5 Å². The summed E-state index contributed by atoms with van der Waals surface area (Å²) in [4.78, 5) is 16.3. The van der Waals surface area contributed by atoms with Crippen LogP contribution in [0.2, 0.25) is 0 Å². The Hall–Kier alpha value is -2.15. The van der Waals surface area contributed by atoms with Crippen molar-refractivity contribution in [3.63, 3.8) is 0 Å². The van der Waals surface area contributed by atoms with Crippen molar-refractivity contribution in [1.82, 2.24) is 14.9 Å². The van der Waals surface area contributed by atoms with Gasteiger partial charge in [0.05, 0.1) is 26.0 Å². The highest BCUT2D eigenvalue weighted by atomic mass is 32.2. The van der Waals surface area contributed by atoms with Crippen molar-refractivity contribution in [2.24, 2.45) is 7.05 Å². The molecule has 0 spiro atoms. The molecule has 6 nitrogen and oxygen atoms in total. The third-order valence-electron chi connectivity index (χ3n) is 3.39. The fraction of sp³-hybridized carbons (Fsp3) is 0.375. The Balaban J connectivity index is 1.99. The molecule has 124 valence electrons. The van der Waals surface area contributed by atoms with E-state index in [4.69, 9.17) is 9.47 Å². The minimum atomic E-state index is -0.186. The Morgan fingerprint density at radius 3 is 2.78 bits per heavy atom. The fourth-order valence-corrected chi connectivity index (χ4v) is 2.90. The topological polar surface area (TPSA) is 65.4 Å². The van der Waals surface area contributed by atoms with Gasteiger partial charge in [-0.15, -0.1) is 0 Å². The van der Waals surface area contributed by atoms with E-state index >= 15 is 0 Å². The molecule has 1 heterocycles. The van der Waals surface area contributed by atoms with Gasteiger partial charge in [-0.05, 0) is 25.1 Å². The lowest BCUT2D eigenvalue weighted by atomic mass is 10.1. The van der Waals surface area contributed by atoms with Crippen molar-refractivity contribution in [2.45, 2.75) is 18.1 Å². The molecule has 1 aromatic heterocycles. The molecule has 1 aromatic carbocycles. The maximum Gasteiger partial charge on any atom is 0.230 e. The summed E-state index contributed by atoms with van der Waals surface area (Å²) in [7, 11) is 5.12. The number of aromatic nitrogens is 2. The van der Waals surface area contributed by atoms with Gasteiger partial charge >= 0.3 is 0 Å². The number of amides is 1. The number of thioether (sulfide) groups is 1. The Labute approximate surface area is 140 Å². The van der Waals surface area contributed by atoms with Crippen molar-refractivity contribution >= 4 is 17.7 Å². The highest BCUT2D eigenvalue weighted by molar-refractivity contribution is 7.99. The van der Waals surface area contributed by atoms with Crippen molar-refractivity contribution in [2.75, 3.05) is 20.0 Å². The van der Waals surface area contributed by atoms with Gasteiger partial charge in [-0.25, -0.2) is 4.98 Å². The average Bonchev–Trinajstić information content (AvgIpc) is 2.97. The Morgan fingerprint density at radius 2 is 2.17 bits per heavy atom. The molecule has 0 unspecified atom stereocenters. The van der Waals surface area contributed by atoms with Gasteiger partial charge in [0.1, 0.15) is 11.5 Å². The molecule has 0 aliphatic rings. The van der Waals surface area contributed by atoms with Crippen molar-refractivity contribution in [3.8, 4) is 11.5 Å². The second-order valence-electron chi connectivity index (χ2n) is 5.01. The van der Waals surface area contributed by atoms with E-state index in [1.54, 1.807) is 20.4 Å². The number of hydrogen-bond acceptors (Lipinski definition) is 5. The molecule has 0 fully saturated rings. The first kappa shape index (κ1) is 17.2. The molecule has 0 saturated heterocycles. The predicted octanol–water partition coefficient (Wildman–Crippen LogP) is 2.41. The van der Waals surface area contributed by atoms with Crippen LogP contribution < -0.4 is 14.8 Å². The van der Waals surface area contributed by atoms with Crippen molar-refractivity contribution in [3.05, 3.63) is 36.2 Å². The summed E-state index contributed by atoms with van der Waals surface area (Å²) in [6.45, 7) is 1.92. The van der Waals surface area contributed by atoms with Crippen molar-refractivity contribution in [1.29, 1.82) is 0 Å². The first-order valence-corrected chi connectivity index (χ1v) is 8.15. The van der Waals surface area contributed by atoms with Gasteiger partial charge in [0.25, 0.3) is 0 Å². The van der Waals surface area contributed by atoms with Crippen LogP contribution in [0.15, 0.2) is 35.7 Å². The molecule has 1 atom stereocenters. The summed E-state index contributed by atoms with van der Waals surface area (Å²) in [5.41, 5.74) is 0.877. The molecule has 0 saturated carbocycles. The van der Waals surface area contributed by atoms with Gasteiger partial charge in [0.2, 0.25) is 5.91 Å². The summed E-state index contributed by atoms with van der Waals surface area (Å²) in [6.07, 6.45) is 3.56. The van der Waals surface area contributed by atoms with Gasteiger partial charge in [-0.3, -0.25) is 4.79 Å². The van der Waals surface area contributed by atoms with Gasteiger partial charge < -0.3 is 19.4 Å². The van der Waals surface area contributed by atoms with Crippen LogP contribution in [-0.4, -0.2) is 35.4 Å². The Kier molecular flexibility index (Phi) is 5.92. The third-order valence-corrected chi connectivity index (χ3v) is 4.45.